The molecule has 0 radical (unpaired) electrons. The van der Waals surface area contributed by atoms with Crippen LogP contribution >= 0.6 is 0 Å². The summed E-state index contributed by atoms with van der Waals surface area (Å²) >= 11 is 0. The molecule has 5 nitrogen and oxygen atoms in total. The summed E-state index contributed by atoms with van der Waals surface area (Å²) in [6.07, 6.45) is 1.30. The molecule has 1 N–H and O–H groups in total. The van der Waals surface area contributed by atoms with E-state index in [1.54, 1.807) is 0 Å². The van der Waals surface area contributed by atoms with E-state index in [1.807, 2.05) is 0 Å². The number of carboxylic acid groups (broad SMARTS) is 1. The van der Waals surface area contributed by atoms with Crippen molar-refractivity contribution < 1.29 is 35.7 Å². The smallest absolute Gasteiger partial charge is 0.481 e. The summed E-state index contributed by atoms with van der Waals surface area (Å²) in [6, 6.07) is 0. The van der Waals surface area contributed by atoms with Crippen LogP contribution in [0.1, 0.15) is 25.7 Å². The third kappa shape index (κ3) is 2.89. The molecular formula is C8H11F3O5S. The Kier molecular flexibility index (Phi) is 3.72. The number of alkyl halides is 3. The van der Waals surface area contributed by atoms with Gasteiger partial charge in [-0.2, -0.15) is 21.6 Å². The second kappa shape index (κ2) is 4.45. The second-order valence-electron chi connectivity index (χ2n) is 3.95. The predicted octanol–water partition coefficient (Wildman–Crippen LogP) is 1.50. The number of rotatable bonds is 4. The molecule has 0 spiro atoms. The Morgan fingerprint density at radius 3 is 2.12 bits per heavy atom. The van der Waals surface area contributed by atoms with Crippen LogP contribution in [0.3, 0.4) is 0 Å². The van der Waals surface area contributed by atoms with E-state index < -0.39 is 33.6 Å². The lowest BCUT2D eigenvalue weighted by atomic mass is 9.88. The zero-order valence-corrected chi connectivity index (χ0v) is 9.47. The molecule has 0 aliphatic heterocycles. The van der Waals surface area contributed by atoms with Gasteiger partial charge in [0, 0.05) is 0 Å². The van der Waals surface area contributed by atoms with Crippen molar-refractivity contribution >= 4 is 16.1 Å². The maximum atomic E-state index is 12.0. The first kappa shape index (κ1) is 14.2. The van der Waals surface area contributed by atoms with Crippen molar-refractivity contribution in [2.24, 2.45) is 5.41 Å². The first-order chi connectivity index (χ1) is 7.61. The van der Waals surface area contributed by atoms with E-state index in [0.717, 1.165) is 0 Å². The van der Waals surface area contributed by atoms with Crippen LogP contribution < -0.4 is 0 Å². The molecule has 0 aromatic rings. The molecule has 1 saturated carbocycles. The van der Waals surface area contributed by atoms with Gasteiger partial charge in [0.15, 0.2) is 0 Å². The Morgan fingerprint density at radius 2 is 1.76 bits per heavy atom. The zero-order valence-electron chi connectivity index (χ0n) is 8.66. The van der Waals surface area contributed by atoms with Crippen molar-refractivity contribution in [3.05, 3.63) is 0 Å². The highest BCUT2D eigenvalue weighted by Crippen LogP contribution is 2.39. The van der Waals surface area contributed by atoms with Gasteiger partial charge in [0.25, 0.3) is 0 Å². The number of hydrogen-bond acceptors (Lipinski definition) is 4. The Balaban J connectivity index is 2.76. The van der Waals surface area contributed by atoms with Crippen LogP contribution in [0, 0.1) is 5.41 Å². The molecule has 0 amide bonds. The van der Waals surface area contributed by atoms with Crippen LogP contribution in [-0.4, -0.2) is 31.6 Å². The van der Waals surface area contributed by atoms with E-state index >= 15 is 0 Å². The number of carboxylic acids is 1. The average molecular weight is 276 g/mol. The number of carbonyl (C=O) groups is 1. The van der Waals surface area contributed by atoms with Crippen molar-refractivity contribution in [2.45, 2.75) is 31.2 Å². The largest absolute Gasteiger partial charge is 0.523 e. The Hall–Kier alpha value is -0.830. The molecule has 0 atom stereocenters. The van der Waals surface area contributed by atoms with Crippen molar-refractivity contribution in [1.82, 2.24) is 0 Å². The summed E-state index contributed by atoms with van der Waals surface area (Å²) < 4.78 is 61.0. The summed E-state index contributed by atoms with van der Waals surface area (Å²) in [4.78, 5) is 10.9. The molecular weight excluding hydrogens is 265 g/mol. The van der Waals surface area contributed by atoms with Crippen molar-refractivity contribution in [1.29, 1.82) is 0 Å². The number of aliphatic carboxylic acids is 1. The number of hydrogen-bond donors (Lipinski definition) is 1. The molecule has 0 aromatic carbocycles. The van der Waals surface area contributed by atoms with E-state index in [2.05, 4.69) is 4.18 Å². The van der Waals surface area contributed by atoms with Gasteiger partial charge in [0.1, 0.15) is 0 Å². The molecule has 17 heavy (non-hydrogen) atoms. The molecule has 0 unspecified atom stereocenters. The molecule has 100 valence electrons. The van der Waals surface area contributed by atoms with Gasteiger partial charge in [-0.1, -0.05) is 12.8 Å². The zero-order chi connectivity index (χ0) is 13.3. The summed E-state index contributed by atoms with van der Waals surface area (Å²) in [5.74, 6) is -1.33. The predicted molar refractivity (Wildman–Crippen MR) is 49.5 cm³/mol. The third-order valence-corrected chi connectivity index (χ3v) is 3.78. The Bertz CT molecular complexity index is 394. The minimum absolute atomic E-state index is 0.121. The Labute approximate surface area is 95.7 Å². The average Bonchev–Trinajstić information content (AvgIpc) is 2.62. The fraction of sp³-hybridized carbons (Fsp3) is 0.875. The van der Waals surface area contributed by atoms with Gasteiger partial charge in [-0.25, -0.2) is 0 Å². The van der Waals surface area contributed by atoms with Gasteiger partial charge in [0.05, 0.1) is 12.0 Å². The van der Waals surface area contributed by atoms with Crippen molar-refractivity contribution in [3.63, 3.8) is 0 Å². The monoisotopic (exact) mass is 276 g/mol. The van der Waals surface area contributed by atoms with Gasteiger partial charge in [-0.05, 0) is 12.8 Å². The minimum Gasteiger partial charge on any atom is -0.481 e. The van der Waals surface area contributed by atoms with Crippen LogP contribution in [0.25, 0.3) is 0 Å². The highest BCUT2D eigenvalue weighted by molar-refractivity contribution is 7.87. The summed E-state index contributed by atoms with van der Waals surface area (Å²) in [5.41, 5.74) is -7.04. The fourth-order valence-corrected chi connectivity index (χ4v) is 2.24. The molecule has 1 rings (SSSR count). The maximum absolute atomic E-state index is 12.0. The summed E-state index contributed by atoms with van der Waals surface area (Å²) in [6.45, 7) is -0.968. The van der Waals surface area contributed by atoms with Crippen LogP contribution in [0.15, 0.2) is 0 Å². The maximum Gasteiger partial charge on any atom is 0.523 e. The lowest BCUT2D eigenvalue weighted by Crippen LogP contribution is -2.36. The van der Waals surface area contributed by atoms with E-state index in [-0.39, 0.29) is 12.8 Å². The first-order valence-electron chi connectivity index (χ1n) is 4.80. The van der Waals surface area contributed by atoms with Crippen molar-refractivity contribution in [2.75, 3.05) is 6.61 Å². The van der Waals surface area contributed by atoms with Gasteiger partial charge in [0.2, 0.25) is 0 Å². The quantitative estimate of drug-likeness (QED) is 0.621. The molecule has 0 aromatic heterocycles. The highest BCUT2D eigenvalue weighted by atomic mass is 32.2. The SMILES string of the molecule is O=C(O)C1(COS(=O)(=O)C(F)(F)F)CCCC1. The molecule has 0 saturated heterocycles. The van der Waals surface area contributed by atoms with E-state index in [0.29, 0.717) is 12.8 Å². The second-order valence-corrected chi connectivity index (χ2v) is 5.56. The Morgan fingerprint density at radius 1 is 1.29 bits per heavy atom. The van der Waals surface area contributed by atoms with Crippen LogP contribution in [0.2, 0.25) is 0 Å². The normalized spacial score (nSPS) is 20.4. The van der Waals surface area contributed by atoms with Crippen molar-refractivity contribution in [3.8, 4) is 0 Å². The molecule has 1 aliphatic rings. The number of halogens is 3. The van der Waals surface area contributed by atoms with Crippen LogP contribution in [0.5, 0.6) is 0 Å². The summed E-state index contributed by atoms with van der Waals surface area (Å²) in [7, 11) is -5.72. The molecule has 0 bridgehead atoms. The van der Waals surface area contributed by atoms with Crippen LogP contribution in [-0.2, 0) is 19.1 Å². The molecule has 1 aliphatic carbocycles. The fourth-order valence-electron chi connectivity index (χ4n) is 1.73. The summed E-state index contributed by atoms with van der Waals surface area (Å²) in [5, 5.41) is 8.91. The van der Waals surface area contributed by atoms with Gasteiger partial charge >= 0.3 is 21.6 Å². The van der Waals surface area contributed by atoms with Crippen LogP contribution in [0.4, 0.5) is 13.2 Å². The first-order valence-corrected chi connectivity index (χ1v) is 6.21. The molecule has 0 heterocycles. The van der Waals surface area contributed by atoms with Gasteiger partial charge in [-0.15, -0.1) is 0 Å². The standard InChI is InChI=1S/C8H11F3O5S/c9-8(10,11)17(14,15)16-5-7(6(12)13)3-1-2-4-7/h1-5H2,(H,12,13). The van der Waals surface area contributed by atoms with Gasteiger partial charge in [-0.3, -0.25) is 8.98 Å². The molecule has 9 heteroatoms. The topological polar surface area (TPSA) is 80.7 Å². The van der Waals surface area contributed by atoms with E-state index in [4.69, 9.17) is 5.11 Å². The minimum atomic E-state index is -5.72. The molecule has 1 fully saturated rings. The lowest BCUT2D eigenvalue weighted by molar-refractivity contribution is -0.150. The van der Waals surface area contributed by atoms with E-state index in [1.165, 1.54) is 0 Å². The highest BCUT2D eigenvalue weighted by Gasteiger charge is 2.50. The third-order valence-electron chi connectivity index (χ3n) is 2.79. The van der Waals surface area contributed by atoms with Gasteiger partial charge < -0.3 is 5.11 Å². The lowest BCUT2D eigenvalue weighted by Gasteiger charge is -2.23. The van der Waals surface area contributed by atoms with E-state index in [9.17, 15) is 26.4 Å².